The topological polar surface area (TPSA) is 60.7 Å². The van der Waals surface area contributed by atoms with E-state index in [9.17, 15) is 0 Å². The van der Waals surface area contributed by atoms with E-state index in [1.165, 1.54) is 24.1 Å². The molecule has 1 aromatic rings. The van der Waals surface area contributed by atoms with Gasteiger partial charge in [0, 0.05) is 16.9 Å². The lowest BCUT2D eigenvalue weighted by molar-refractivity contribution is -0.887. The fraction of sp³-hybridized carbons (Fsp3) is 0.125. The molecule has 0 aliphatic rings. The molecule has 0 saturated carbocycles. The average Bonchev–Trinajstić information content (AvgIpc) is 2.16. The first-order chi connectivity index (χ1) is 5.81. The summed E-state index contributed by atoms with van der Waals surface area (Å²) in [4.78, 5) is 4.82. The Bertz CT molecular complexity index is 373. The highest BCUT2D eigenvalue weighted by atomic mass is 16.6. The first kappa shape index (κ1) is 8.03. The fourth-order valence-electron chi connectivity index (χ4n) is 0.798. The predicted octanol–water partition coefficient (Wildman–Crippen LogP) is -0.224. The second kappa shape index (κ2) is 3.36. The minimum Gasteiger partial charge on any atom is -0.273 e. The van der Waals surface area contributed by atoms with Gasteiger partial charge in [-0.15, -0.1) is 0 Å². The van der Waals surface area contributed by atoms with Gasteiger partial charge in [-0.2, -0.15) is 10.5 Å². The van der Waals surface area contributed by atoms with Gasteiger partial charge in [-0.05, 0) is 0 Å². The van der Waals surface area contributed by atoms with Gasteiger partial charge in [-0.25, -0.2) is 0 Å². The van der Waals surface area contributed by atoms with Crippen molar-refractivity contribution in [3.05, 3.63) is 29.6 Å². The first-order valence-corrected chi connectivity index (χ1v) is 3.22. The van der Waals surface area contributed by atoms with Gasteiger partial charge >= 0.3 is 5.69 Å². The second-order valence-electron chi connectivity index (χ2n) is 2.03. The largest absolute Gasteiger partial charge is 0.334 e. The van der Waals surface area contributed by atoms with Crippen LogP contribution < -0.4 is 9.57 Å². The van der Waals surface area contributed by atoms with Crippen LogP contribution in [-0.4, -0.2) is 7.11 Å². The fourth-order valence-corrected chi connectivity index (χ4v) is 0.798. The van der Waals surface area contributed by atoms with Gasteiger partial charge in [-0.1, -0.05) is 0 Å². The van der Waals surface area contributed by atoms with E-state index < -0.39 is 0 Å². The normalized spacial score (nSPS) is 8.25. The summed E-state index contributed by atoms with van der Waals surface area (Å²) in [5.41, 5.74) is 0.747. The van der Waals surface area contributed by atoms with Crippen LogP contribution >= 0.6 is 0 Å². The molecule has 4 nitrogen and oxygen atoms in total. The Morgan fingerprint density at radius 1 is 1.42 bits per heavy atom. The Kier molecular flexibility index (Phi) is 2.25. The molecule has 0 aliphatic carbocycles. The number of aromatic nitrogens is 1. The zero-order chi connectivity index (χ0) is 8.97. The molecule has 0 atom stereocenters. The molecule has 0 aromatic carbocycles. The van der Waals surface area contributed by atoms with E-state index in [0.29, 0.717) is 11.3 Å². The molecule has 0 radical (unpaired) electrons. The van der Waals surface area contributed by atoms with Gasteiger partial charge in [0.1, 0.15) is 7.11 Å². The average molecular weight is 160 g/mol. The van der Waals surface area contributed by atoms with E-state index in [2.05, 4.69) is 0 Å². The van der Waals surface area contributed by atoms with E-state index in [1.54, 1.807) is 6.07 Å². The molecule has 0 amide bonds. The van der Waals surface area contributed by atoms with E-state index in [-0.39, 0.29) is 0 Å². The van der Waals surface area contributed by atoms with E-state index >= 15 is 0 Å². The van der Waals surface area contributed by atoms with Crippen molar-refractivity contribution in [2.24, 2.45) is 0 Å². The van der Waals surface area contributed by atoms with Crippen molar-refractivity contribution in [1.82, 2.24) is 0 Å². The van der Waals surface area contributed by atoms with Crippen LogP contribution in [0.2, 0.25) is 0 Å². The third-order valence-corrected chi connectivity index (χ3v) is 1.36. The Morgan fingerprint density at radius 2 is 2.17 bits per heavy atom. The Balaban J connectivity index is 3.24. The summed E-state index contributed by atoms with van der Waals surface area (Å²) in [6, 6.07) is 6.88. The summed E-state index contributed by atoms with van der Waals surface area (Å²) in [5, 5.41) is 17.1. The highest BCUT2D eigenvalue weighted by Crippen LogP contribution is 1.95. The van der Waals surface area contributed by atoms with Gasteiger partial charge in [0.05, 0.1) is 11.6 Å². The Hall–Kier alpha value is -2.07. The lowest BCUT2D eigenvalue weighted by Gasteiger charge is -1.91. The first-order valence-electron chi connectivity index (χ1n) is 3.22. The van der Waals surface area contributed by atoms with Gasteiger partial charge in [-0.3, -0.25) is 4.84 Å². The van der Waals surface area contributed by atoms with Crippen molar-refractivity contribution < 1.29 is 9.57 Å². The SMILES string of the molecule is CO[n+]1ccc(C#N)cc1C#N. The molecule has 12 heavy (non-hydrogen) atoms. The minimum absolute atomic E-state index is 0.302. The number of hydrogen-bond donors (Lipinski definition) is 0. The Morgan fingerprint density at radius 3 is 2.67 bits per heavy atom. The third-order valence-electron chi connectivity index (χ3n) is 1.36. The van der Waals surface area contributed by atoms with Crippen LogP contribution in [0.1, 0.15) is 11.3 Å². The highest BCUT2D eigenvalue weighted by molar-refractivity contribution is 5.30. The van der Waals surface area contributed by atoms with Crippen LogP contribution in [0.5, 0.6) is 0 Å². The zero-order valence-corrected chi connectivity index (χ0v) is 6.48. The lowest BCUT2D eigenvalue weighted by Crippen LogP contribution is -2.43. The number of nitriles is 2. The quantitative estimate of drug-likeness (QED) is 0.533. The lowest BCUT2D eigenvalue weighted by atomic mass is 10.2. The summed E-state index contributed by atoms with van der Waals surface area (Å²) in [7, 11) is 1.45. The summed E-state index contributed by atoms with van der Waals surface area (Å²) in [5.74, 6) is 0. The maximum absolute atomic E-state index is 8.61. The van der Waals surface area contributed by atoms with Crippen LogP contribution in [0, 0.1) is 22.7 Å². The van der Waals surface area contributed by atoms with Crippen molar-refractivity contribution in [3.63, 3.8) is 0 Å². The molecule has 4 heteroatoms. The van der Waals surface area contributed by atoms with Crippen LogP contribution in [0.25, 0.3) is 0 Å². The summed E-state index contributed by atoms with van der Waals surface area (Å²) >= 11 is 0. The smallest absolute Gasteiger partial charge is 0.273 e. The number of nitrogens with zero attached hydrogens (tertiary/aromatic N) is 3. The molecular weight excluding hydrogens is 154 g/mol. The van der Waals surface area contributed by atoms with E-state index in [4.69, 9.17) is 15.4 Å². The van der Waals surface area contributed by atoms with Crippen LogP contribution in [0.4, 0.5) is 0 Å². The van der Waals surface area contributed by atoms with Gasteiger partial charge in [0.15, 0.2) is 6.07 Å². The molecule has 1 rings (SSSR count). The zero-order valence-electron chi connectivity index (χ0n) is 6.48. The molecule has 1 heterocycles. The van der Waals surface area contributed by atoms with Crippen LogP contribution in [0.15, 0.2) is 18.3 Å². The molecular formula is C8H6N3O+. The van der Waals surface area contributed by atoms with E-state index in [0.717, 1.165) is 0 Å². The van der Waals surface area contributed by atoms with Crippen LogP contribution in [0.3, 0.4) is 0 Å². The number of hydrogen-bond acceptors (Lipinski definition) is 3. The molecule has 0 N–H and O–H groups in total. The molecule has 0 aliphatic heterocycles. The minimum atomic E-state index is 0.302. The van der Waals surface area contributed by atoms with Gasteiger partial charge < -0.3 is 0 Å². The summed E-state index contributed by atoms with van der Waals surface area (Å²) in [6.45, 7) is 0. The molecule has 0 bridgehead atoms. The van der Waals surface area contributed by atoms with Crippen LogP contribution in [-0.2, 0) is 0 Å². The van der Waals surface area contributed by atoms with Crippen molar-refractivity contribution in [2.75, 3.05) is 7.11 Å². The summed E-state index contributed by atoms with van der Waals surface area (Å²) < 4.78 is 1.29. The monoisotopic (exact) mass is 160 g/mol. The molecule has 1 aromatic heterocycles. The molecule has 0 fully saturated rings. The highest BCUT2D eigenvalue weighted by Gasteiger charge is 2.10. The van der Waals surface area contributed by atoms with Gasteiger partial charge in [0.25, 0.3) is 0 Å². The van der Waals surface area contributed by atoms with Crippen molar-refractivity contribution >= 4 is 0 Å². The molecule has 0 saturated heterocycles. The maximum Gasteiger partial charge on any atom is 0.334 e. The van der Waals surface area contributed by atoms with Crippen molar-refractivity contribution in [2.45, 2.75) is 0 Å². The second-order valence-corrected chi connectivity index (χ2v) is 2.03. The molecule has 0 spiro atoms. The number of rotatable bonds is 1. The standard InChI is InChI=1S/C8H6N3O/c1-12-11-3-2-7(5-9)4-8(11)6-10/h2-4H,1H3/q+1. The van der Waals surface area contributed by atoms with E-state index in [1.807, 2.05) is 12.1 Å². The third kappa shape index (κ3) is 1.33. The van der Waals surface area contributed by atoms with Crippen molar-refractivity contribution in [3.8, 4) is 12.1 Å². The van der Waals surface area contributed by atoms with Crippen molar-refractivity contribution in [1.29, 1.82) is 10.5 Å². The predicted molar refractivity (Wildman–Crippen MR) is 38.6 cm³/mol. The number of pyridine rings is 1. The molecule has 58 valence electrons. The van der Waals surface area contributed by atoms with Gasteiger partial charge in [0.2, 0.25) is 6.20 Å². The summed E-state index contributed by atoms with van der Waals surface area (Å²) in [6.07, 6.45) is 1.52. The maximum atomic E-state index is 8.61. The Labute approximate surface area is 69.8 Å². The molecule has 0 unspecified atom stereocenters.